The molecule has 0 spiro atoms. The summed E-state index contributed by atoms with van der Waals surface area (Å²) < 4.78 is 63.2. The normalized spacial score (nSPS) is 12.6. The maximum atomic E-state index is 12.4. The lowest BCUT2D eigenvalue weighted by atomic mass is 10.0. The van der Waals surface area contributed by atoms with Crippen LogP contribution in [0.25, 0.3) is 0 Å². The summed E-state index contributed by atoms with van der Waals surface area (Å²) in [6.07, 6.45) is 0. The minimum Gasteiger partial charge on any atom is -0.376 e. The number of carbonyl (C=O) groups is 1. The van der Waals surface area contributed by atoms with Crippen molar-refractivity contribution < 1.29 is 30.6 Å². The highest BCUT2D eigenvalue weighted by atomic mass is 35.5. The molecule has 0 atom stereocenters. The van der Waals surface area contributed by atoms with Crippen molar-refractivity contribution in [3.05, 3.63) is 64.7 Å². The van der Waals surface area contributed by atoms with Crippen LogP contribution in [0.1, 0.15) is 18.1 Å². The van der Waals surface area contributed by atoms with E-state index in [0.29, 0.717) is 16.1 Å². The van der Waals surface area contributed by atoms with Gasteiger partial charge in [0.05, 0.1) is 5.71 Å². The molecule has 0 aliphatic rings. The van der Waals surface area contributed by atoms with Crippen LogP contribution in [0.3, 0.4) is 0 Å². The summed E-state index contributed by atoms with van der Waals surface area (Å²) in [6, 6.07) is 11.1. The zero-order chi connectivity index (χ0) is 20.2. The number of hydrogen-bond donors (Lipinski definition) is 1. The molecule has 0 saturated carbocycles. The van der Waals surface area contributed by atoms with E-state index in [0.717, 1.165) is 12.1 Å². The zero-order valence-electron chi connectivity index (χ0n) is 13.6. The van der Waals surface area contributed by atoms with Crippen molar-refractivity contribution in [3.63, 3.8) is 0 Å². The molecule has 27 heavy (non-hydrogen) atoms. The van der Waals surface area contributed by atoms with Gasteiger partial charge in [0, 0.05) is 23.1 Å². The Hall–Kier alpha value is -2.59. The molecule has 0 aliphatic carbocycles. The largest absolute Gasteiger partial charge is 0.534 e. The molecule has 2 rings (SSSR count). The van der Waals surface area contributed by atoms with Crippen LogP contribution in [0.4, 0.5) is 13.2 Å². The van der Waals surface area contributed by atoms with Gasteiger partial charge >= 0.3 is 15.6 Å². The number of nitrogens with zero attached hydrogens (tertiary/aromatic N) is 1. The van der Waals surface area contributed by atoms with E-state index in [1.807, 2.05) is 0 Å². The van der Waals surface area contributed by atoms with Crippen molar-refractivity contribution in [1.29, 1.82) is 0 Å². The molecule has 0 aromatic heterocycles. The summed E-state index contributed by atoms with van der Waals surface area (Å²) in [5.74, 6) is -0.955. The maximum absolute atomic E-state index is 12.4. The predicted octanol–water partition coefficient (Wildman–Crippen LogP) is 3.46. The van der Waals surface area contributed by atoms with Gasteiger partial charge in [-0.1, -0.05) is 23.7 Å². The lowest BCUT2D eigenvalue weighted by Gasteiger charge is -2.11. The first kappa shape index (κ1) is 20.7. The van der Waals surface area contributed by atoms with E-state index in [-0.39, 0.29) is 5.71 Å². The standard InChI is InChI=1S/C16H12ClF3N2O4S/c1-10(23)21-22-15(11-2-6-13(17)7-3-11)12-4-8-14(9-5-12)26-27(24,25)16(18,19)20/h2-9H,1H3,(H,21,23)/b22-15-. The fourth-order valence-corrected chi connectivity index (χ4v) is 2.47. The second-order valence-corrected chi connectivity index (χ2v) is 7.12. The number of alkyl halides is 3. The predicted molar refractivity (Wildman–Crippen MR) is 93.0 cm³/mol. The number of halogens is 4. The molecule has 144 valence electrons. The van der Waals surface area contributed by atoms with E-state index >= 15 is 0 Å². The summed E-state index contributed by atoms with van der Waals surface area (Å²) in [4.78, 5) is 11.1. The van der Waals surface area contributed by atoms with Crippen LogP contribution >= 0.6 is 11.6 Å². The highest BCUT2D eigenvalue weighted by molar-refractivity contribution is 7.88. The van der Waals surface area contributed by atoms with Crippen molar-refractivity contribution >= 4 is 33.3 Å². The third kappa shape index (κ3) is 5.44. The van der Waals surface area contributed by atoms with Crippen LogP contribution < -0.4 is 9.61 Å². The minimum absolute atomic E-state index is 0.284. The van der Waals surface area contributed by atoms with Gasteiger partial charge in [-0.3, -0.25) is 4.79 Å². The molecule has 11 heteroatoms. The first-order chi connectivity index (χ1) is 12.5. The van der Waals surface area contributed by atoms with Crippen molar-refractivity contribution in [3.8, 4) is 5.75 Å². The van der Waals surface area contributed by atoms with Crippen molar-refractivity contribution in [2.75, 3.05) is 0 Å². The number of hydrazone groups is 1. The molecule has 0 radical (unpaired) electrons. The van der Waals surface area contributed by atoms with Crippen molar-refractivity contribution in [2.45, 2.75) is 12.4 Å². The van der Waals surface area contributed by atoms with E-state index < -0.39 is 27.3 Å². The third-order valence-electron chi connectivity index (χ3n) is 3.06. The minimum atomic E-state index is -5.76. The van der Waals surface area contributed by atoms with Crippen LogP contribution in [0.2, 0.25) is 5.02 Å². The lowest BCUT2D eigenvalue weighted by molar-refractivity contribution is -0.118. The molecule has 0 aliphatic heterocycles. The van der Waals surface area contributed by atoms with Gasteiger partial charge < -0.3 is 4.18 Å². The Balaban J connectivity index is 2.36. The molecule has 0 saturated heterocycles. The van der Waals surface area contributed by atoms with Crippen LogP contribution in [0.15, 0.2) is 53.6 Å². The Morgan fingerprint density at radius 3 is 1.96 bits per heavy atom. The van der Waals surface area contributed by atoms with E-state index in [1.54, 1.807) is 24.3 Å². The van der Waals surface area contributed by atoms with E-state index in [2.05, 4.69) is 14.7 Å². The third-order valence-corrected chi connectivity index (χ3v) is 4.29. The van der Waals surface area contributed by atoms with Gasteiger partial charge in [-0.15, -0.1) is 0 Å². The van der Waals surface area contributed by atoms with Gasteiger partial charge in [-0.25, -0.2) is 5.43 Å². The van der Waals surface area contributed by atoms with Crippen molar-refractivity contribution in [2.24, 2.45) is 5.10 Å². The van der Waals surface area contributed by atoms with Crippen LogP contribution in [0, 0.1) is 0 Å². The number of amides is 1. The molecule has 2 aromatic carbocycles. The molecule has 0 fully saturated rings. The quantitative estimate of drug-likeness (QED) is 0.347. The Kier molecular flexibility index (Phi) is 6.11. The first-order valence-corrected chi connectivity index (χ1v) is 8.99. The molecule has 0 heterocycles. The Bertz CT molecular complexity index is 957. The van der Waals surface area contributed by atoms with Gasteiger partial charge in [0.2, 0.25) is 5.91 Å². The fourth-order valence-electron chi connectivity index (χ4n) is 1.88. The molecule has 1 N–H and O–H groups in total. The molecule has 2 aromatic rings. The number of hydrogen-bond acceptors (Lipinski definition) is 5. The van der Waals surface area contributed by atoms with Gasteiger partial charge in [0.1, 0.15) is 5.75 Å². The summed E-state index contributed by atoms with van der Waals surface area (Å²) in [7, 11) is -5.76. The van der Waals surface area contributed by atoms with Crippen LogP contribution in [-0.4, -0.2) is 25.5 Å². The van der Waals surface area contributed by atoms with Gasteiger partial charge in [0.25, 0.3) is 0 Å². The average Bonchev–Trinajstić information content (AvgIpc) is 2.56. The molecule has 0 bridgehead atoms. The Labute approximate surface area is 157 Å². The monoisotopic (exact) mass is 420 g/mol. The summed E-state index contributed by atoms with van der Waals surface area (Å²) in [5, 5.41) is 4.44. The Morgan fingerprint density at radius 1 is 1.04 bits per heavy atom. The number of nitrogens with one attached hydrogen (secondary N) is 1. The SMILES string of the molecule is CC(=O)N/N=C(/c1ccc(Cl)cc1)c1ccc(OS(=O)(=O)C(F)(F)F)cc1. The van der Waals surface area contributed by atoms with E-state index in [1.165, 1.54) is 19.1 Å². The Morgan fingerprint density at radius 2 is 1.52 bits per heavy atom. The van der Waals surface area contributed by atoms with E-state index in [4.69, 9.17) is 11.6 Å². The number of benzene rings is 2. The molecule has 1 amide bonds. The fraction of sp³-hybridized carbons (Fsp3) is 0.125. The number of rotatable bonds is 5. The second-order valence-electron chi connectivity index (χ2n) is 5.14. The van der Waals surface area contributed by atoms with Crippen LogP contribution in [-0.2, 0) is 14.9 Å². The van der Waals surface area contributed by atoms with Crippen LogP contribution in [0.5, 0.6) is 5.75 Å². The molecule has 6 nitrogen and oxygen atoms in total. The second kappa shape index (κ2) is 7.97. The van der Waals surface area contributed by atoms with Gasteiger partial charge in [0.15, 0.2) is 0 Å². The average molecular weight is 421 g/mol. The van der Waals surface area contributed by atoms with E-state index in [9.17, 15) is 26.4 Å². The highest BCUT2D eigenvalue weighted by Crippen LogP contribution is 2.27. The maximum Gasteiger partial charge on any atom is 0.534 e. The molecular formula is C16H12ClF3N2O4S. The lowest BCUT2D eigenvalue weighted by Crippen LogP contribution is -2.28. The molecule has 0 unspecified atom stereocenters. The topological polar surface area (TPSA) is 84.8 Å². The first-order valence-electron chi connectivity index (χ1n) is 7.21. The van der Waals surface area contributed by atoms with Crippen molar-refractivity contribution in [1.82, 2.24) is 5.43 Å². The highest BCUT2D eigenvalue weighted by Gasteiger charge is 2.48. The summed E-state index contributed by atoms with van der Waals surface area (Å²) in [5.41, 5.74) is -2.03. The molecular weight excluding hydrogens is 409 g/mol. The smallest absolute Gasteiger partial charge is 0.376 e. The zero-order valence-corrected chi connectivity index (χ0v) is 15.2. The van der Waals surface area contributed by atoms with Gasteiger partial charge in [-0.05, 0) is 36.4 Å². The number of carbonyl (C=O) groups excluding carboxylic acids is 1. The summed E-state index contributed by atoms with van der Waals surface area (Å²) >= 11 is 5.83. The summed E-state index contributed by atoms with van der Waals surface area (Å²) in [6.45, 7) is 1.25. The van der Waals surface area contributed by atoms with Gasteiger partial charge in [-0.2, -0.15) is 26.7 Å².